The Morgan fingerprint density at radius 3 is 2.71 bits per heavy atom. The number of amides is 1. The first kappa shape index (κ1) is 11.5. The van der Waals surface area contributed by atoms with Crippen LogP contribution in [-0.2, 0) is 4.79 Å². The lowest BCUT2D eigenvalue weighted by atomic mass is 9.85. The number of carbonyl (C=O) groups excluding carboxylic acids is 1. The number of rotatable bonds is 2. The van der Waals surface area contributed by atoms with Crippen LogP contribution in [0.15, 0.2) is 0 Å². The highest BCUT2D eigenvalue weighted by molar-refractivity contribution is 5.76. The number of aliphatic hydroxyl groups excluding tert-OH is 1. The zero-order valence-electron chi connectivity index (χ0n) is 9.42. The summed E-state index contributed by atoms with van der Waals surface area (Å²) in [5, 5.41) is 9.25. The molecule has 3 heteroatoms. The summed E-state index contributed by atoms with van der Waals surface area (Å²) in [6.45, 7) is 7.40. The van der Waals surface area contributed by atoms with Crippen molar-refractivity contribution in [2.75, 3.05) is 13.1 Å². The Morgan fingerprint density at radius 1 is 1.50 bits per heavy atom. The molecular formula is C11H21NO2. The van der Waals surface area contributed by atoms with E-state index in [9.17, 15) is 9.90 Å². The fourth-order valence-corrected chi connectivity index (χ4v) is 1.80. The molecule has 14 heavy (non-hydrogen) atoms. The maximum Gasteiger partial charge on any atom is 0.222 e. The third kappa shape index (κ3) is 3.29. The van der Waals surface area contributed by atoms with Crippen molar-refractivity contribution in [2.24, 2.45) is 5.41 Å². The molecule has 82 valence electrons. The maximum absolute atomic E-state index is 11.7. The highest BCUT2D eigenvalue weighted by Crippen LogP contribution is 2.30. The highest BCUT2D eigenvalue weighted by Gasteiger charge is 2.27. The van der Waals surface area contributed by atoms with Crippen LogP contribution in [0.3, 0.4) is 0 Å². The topological polar surface area (TPSA) is 40.5 Å². The third-order valence-electron chi connectivity index (χ3n) is 2.91. The van der Waals surface area contributed by atoms with Gasteiger partial charge in [-0.3, -0.25) is 4.79 Å². The van der Waals surface area contributed by atoms with E-state index in [1.54, 1.807) is 11.8 Å². The lowest BCUT2D eigenvalue weighted by molar-refractivity contribution is -0.131. The van der Waals surface area contributed by atoms with Crippen LogP contribution in [0.25, 0.3) is 0 Å². The third-order valence-corrected chi connectivity index (χ3v) is 2.91. The first-order chi connectivity index (χ1) is 6.41. The van der Waals surface area contributed by atoms with Gasteiger partial charge in [0.2, 0.25) is 5.91 Å². The summed E-state index contributed by atoms with van der Waals surface area (Å²) in [6, 6.07) is 0. The Balaban J connectivity index is 2.56. The second-order valence-corrected chi connectivity index (χ2v) is 5.10. The molecule has 1 rings (SSSR count). The van der Waals surface area contributed by atoms with Crippen molar-refractivity contribution in [3.63, 3.8) is 0 Å². The molecule has 0 aromatic rings. The summed E-state index contributed by atoms with van der Waals surface area (Å²) in [5.41, 5.74) is 0.267. The zero-order chi connectivity index (χ0) is 10.8. The van der Waals surface area contributed by atoms with E-state index < -0.39 is 6.10 Å². The largest absolute Gasteiger partial charge is 0.392 e. The standard InChI is InChI=1S/C11H21NO2/c1-9(13)8-12-7-6-11(2,3)5-4-10(12)14/h9,13H,4-8H2,1-3H3/t9-/m1/s1. The van der Waals surface area contributed by atoms with Crippen LogP contribution in [0.5, 0.6) is 0 Å². The Morgan fingerprint density at radius 2 is 2.14 bits per heavy atom. The lowest BCUT2D eigenvalue weighted by Crippen LogP contribution is -2.36. The van der Waals surface area contributed by atoms with Crippen molar-refractivity contribution in [1.29, 1.82) is 0 Å². The Bertz CT molecular complexity index is 211. The zero-order valence-corrected chi connectivity index (χ0v) is 9.42. The predicted octanol–water partition coefficient (Wildman–Crippen LogP) is 1.41. The lowest BCUT2D eigenvalue weighted by Gasteiger charge is -2.24. The monoisotopic (exact) mass is 199 g/mol. The van der Waals surface area contributed by atoms with Crippen molar-refractivity contribution in [3.05, 3.63) is 0 Å². The number of aliphatic hydroxyl groups is 1. The van der Waals surface area contributed by atoms with Gasteiger partial charge in [-0.25, -0.2) is 0 Å². The van der Waals surface area contributed by atoms with E-state index in [1.165, 1.54) is 0 Å². The fraction of sp³-hybridized carbons (Fsp3) is 0.909. The normalized spacial score (nSPS) is 24.6. The molecule has 1 fully saturated rings. The molecule has 0 aromatic heterocycles. The van der Waals surface area contributed by atoms with E-state index in [0.717, 1.165) is 19.4 Å². The Labute approximate surface area is 86.1 Å². The van der Waals surface area contributed by atoms with E-state index in [2.05, 4.69) is 13.8 Å². The minimum atomic E-state index is -0.417. The van der Waals surface area contributed by atoms with Crippen LogP contribution in [0, 0.1) is 5.41 Å². The van der Waals surface area contributed by atoms with Gasteiger partial charge < -0.3 is 10.0 Å². The van der Waals surface area contributed by atoms with Crippen LogP contribution < -0.4 is 0 Å². The molecule has 1 atom stereocenters. The number of hydrogen-bond acceptors (Lipinski definition) is 2. The first-order valence-corrected chi connectivity index (χ1v) is 5.36. The van der Waals surface area contributed by atoms with Crippen LogP contribution in [0.1, 0.15) is 40.0 Å². The molecule has 0 spiro atoms. The molecule has 1 aliphatic rings. The summed E-state index contributed by atoms with van der Waals surface area (Å²) in [4.78, 5) is 13.4. The van der Waals surface area contributed by atoms with Gasteiger partial charge in [0.05, 0.1) is 6.10 Å². The molecule has 1 N–H and O–H groups in total. The Hall–Kier alpha value is -0.570. The van der Waals surface area contributed by atoms with Crippen LogP contribution in [0.4, 0.5) is 0 Å². The van der Waals surface area contributed by atoms with Gasteiger partial charge in [0.25, 0.3) is 0 Å². The van der Waals surface area contributed by atoms with E-state index >= 15 is 0 Å². The summed E-state index contributed by atoms with van der Waals surface area (Å²) < 4.78 is 0. The number of carbonyl (C=O) groups is 1. The van der Waals surface area contributed by atoms with E-state index in [-0.39, 0.29) is 11.3 Å². The van der Waals surface area contributed by atoms with Gasteiger partial charge in [-0.15, -0.1) is 0 Å². The van der Waals surface area contributed by atoms with E-state index in [1.807, 2.05) is 0 Å². The summed E-state index contributed by atoms with van der Waals surface area (Å²) in [6.07, 6.45) is 2.20. The molecule has 0 aliphatic carbocycles. The molecule has 1 aliphatic heterocycles. The molecule has 3 nitrogen and oxygen atoms in total. The van der Waals surface area contributed by atoms with E-state index in [0.29, 0.717) is 13.0 Å². The molecule has 0 bridgehead atoms. The van der Waals surface area contributed by atoms with E-state index in [4.69, 9.17) is 0 Å². The molecule has 1 saturated heterocycles. The van der Waals surface area contributed by atoms with Gasteiger partial charge in [0.15, 0.2) is 0 Å². The number of β-amino-alcohol motifs (C(OH)–C–C–N with tert-alkyl or cyclic N) is 1. The van der Waals surface area contributed by atoms with Crippen molar-refractivity contribution < 1.29 is 9.90 Å². The highest BCUT2D eigenvalue weighted by atomic mass is 16.3. The Kier molecular flexibility index (Phi) is 3.53. The number of nitrogens with zero attached hydrogens (tertiary/aromatic N) is 1. The summed E-state index contributed by atoms with van der Waals surface area (Å²) >= 11 is 0. The molecule has 0 unspecified atom stereocenters. The SMILES string of the molecule is C[C@@H](O)CN1CCC(C)(C)CCC1=O. The number of hydrogen-bond donors (Lipinski definition) is 1. The van der Waals surface area contributed by atoms with Crippen LogP contribution in [-0.4, -0.2) is 35.1 Å². The second kappa shape index (κ2) is 4.30. The van der Waals surface area contributed by atoms with Gasteiger partial charge in [0.1, 0.15) is 0 Å². The van der Waals surface area contributed by atoms with Gasteiger partial charge in [-0.05, 0) is 25.2 Å². The van der Waals surface area contributed by atoms with Crippen molar-refractivity contribution in [1.82, 2.24) is 4.90 Å². The average molecular weight is 199 g/mol. The second-order valence-electron chi connectivity index (χ2n) is 5.10. The molecule has 0 aromatic carbocycles. The molecule has 0 radical (unpaired) electrons. The molecule has 0 saturated carbocycles. The average Bonchev–Trinajstić information content (AvgIpc) is 2.17. The van der Waals surface area contributed by atoms with Crippen molar-refractivity contribution in [2.45, 2.75) is 46.1 Å². The minimum absolute atomic E-state index is 0.191. The molecular weight excluding hydrogens is 178 g/mol. The summed E-state index contributed by atoms with van der Waals surface area (Å²) in [5.74, 6) is 0.191. The van der Waals surface area contributed by atoms with Gasteiger partial charge >= 0.3 is 0 Å². The van der Waals surface area contributed by atoms with Gasteiger partial charge in [0, 0.05) is 19.5 Å². The predicted molar refractivity (Wildman–Crippen MR) is 55.9 cm³/mol. The quantitative estimate of drug-likeness (QED) is 0.730. The van der Waals surface area contributed by atoms with Crippen molar-refractivity contribution in [3.8, 4) is 0 Å². The fourth-order valence-electron chi connectivity index (χ4n) is 1.80. The molecule has 1 heterocycles. The van der Waals surface area contributed by atoms with Crippen molar-refractivity contribution >= 4 is 5.91 Å². The van der Waals surface area contributed by atoms with Crippen LogP contribution >= 0.6 is 0 Å². The summed E-state index contributed by atoms with van der Waals surface area (Å²) in [7, 11) is 0. The van der Waals surface area contributed by atoms with Gasteiger partial charge in [-0.1, -0.05) is 13.8 Å². The maximum atomic E-state index is 11.7. The number of likely N-dealkylation sites (tertiary alicyclic amines) is 1. The first-order valence-electron chi connectivity index (χ1n) is 5.36. The smallest absolute Gasteiger partial charge is 0.222 e. The van der Waals surface area contributed by atoms with Gasteiger partial charge in [-0.2, -0.15) is 0 Å². The molecule has 1 amide bonds. The minimum Gasteiger partial charge on any atom is -0.392 e. The van der Waals surface area contributed by atoms with Crippen LogP contribution in [0.2, 0.25) is 0 Å².